The summed E-state index contributed by atoms with van der Waals surface area (Å²) in [6.45, 7) is 7.56. The van der Waals surface area contributed by atoms with Crippen LogP contribution in [-0.2, 0) is 11.3 Å². The molecule has 1 fully saturated rings. The first-order valence-corrected chi connectivity index (χ1v) is 8.86. The van der Waals surface area contributed by atoms with Crippen LogP contribution in [0.3, 0.4) is 0 Å². The third kappa shape index (κ3) is 4.96. The third-order valence-electron chi connectivity index (χ3n) is 4.44. The van der Waals surface area contributed by atoms with E-state index in [1.807, 2.05) is 43.1 Å². The van der Waals surface area contributed by atoms with Crippen LogP contribution in [0.15, 0.2) is 24.3 Å². The maximum atomic E-state index is 12.8. The Morgan fingerprint density at radius 2 is 2.00 bits per heavy atom. The largest absolute Gasteiger partial charge is 0.494 e. The molecule has 1 saturated heterocycles. The van der Waals surface area contributed by atoms with Gasteiger partial charge in [0.05, 0.1) is 12.6 Å². The van der Waals surface area contributed by atoms with Gasteiger partial charge in [-0.3, -0.25) is 9.69 Å². The molecule has 0 bridgehead atoms. The minimum Gasteiger partial charge on any atom is -0.494 e. The quantitative estimate of drug-likeness (QED) is 0.773. The van der Waals surface area contributed by atoms with Crippen LogP contribution < -0.4 is 4.74 Å². The highest BCUT2D eigenvalue weighted by atomic mass is 16.5. The molecule has 1 atom stereocenters. The van der Waals surface area contributed by atoms with E-state index in [4.69, 9.17) is 4.74 Å². The monoisotopic (exact) mass is 318 g/mol. The van der Waals surface area contributed by atoms with Gasteiger partial charge in [-0.2, -0.15) is 0 Å². The van der Waals surface area contributed by atoms with Gasteiger partial charge in [0, 0.05) is 13.6 Å². The van der Waals surface area contributed by atoms with Crippen molar-refractivity contribution >= 4 is 5.91 Å². The first kappa shape index (κ1) is 17.8. The molecular weight excluding hydrogens is 288 g/mol. The fraction of sp³-hybridized carbons (Fsp3) is 0.632. The van der Waals surface area contributed by atoms with Crippen LogP contribution in [0.5, 0.6) is 5.75 Å². The molecule has 1 aliphatic rings. The minimum absolute atomic E-state index is 0.0661. The lowest BCUT2D eigenvalue weighted by Crippen LogP contribution is -2.49. The first-order valence-electron chi connectivity index (χ1n) is 8.86. The molecule has 0 aliphatic carbocycles. The van der Waals surface area contributed by atoms with E-state index in [2.05, 4.69) is 11.8 Å². The molecule has 1 heterocycles. The minimum atomic E-state index is 0.0661. The molecule has 0 spiro atoms. The van der Waals surface area contributed by atoms with Gasteiger partial charge in [-0.25, -0.2) is 0 Å². The Balaban J connectivity index is 1.95. The highest BCUT2D eigenvalue weighted by Gasteiger charge is 2.30. The summed E-state index contributed by atoms with van der Waals surface area (Å²) < 4.78 is 5.46. The lowest BCUT2D eigenvalue weighted by Gasteiger charge is -2.36. The zero-order valence-electron chi connectivity index (χ0n) is 14.8. The van der Waals surface area contributed by atoms with E-state index in [9.17, 15) is 4.79 Å². The molecule has 1 aromatic rings. The van der Waals surface area contributed by atoms with Gasteiger partial charge in [0.2, 0.25) is 5.91 Å². The number of carbonyl (C=O) groups excluding carboxylic acids is 1. The topological polar surface area (TPSA) is 32.8 Å². The SMILES string of the molecule is CCCN1CCCCC1C(=O)N(C)Cc1ccc(OCC)cc1. The van der Waals surface area contributed by atoms with E-state index in [1.165, 1.54) is 6.42 Å². The fourth-order valence-electron chi connectivity index (χ4n) is 3.29. The molecule has 0 N–H and O–H groups in total. The molecule has 1 aromatic carbocycles. The van der Waals surface area contributed by atoms with Crippen molar-refractivity contribution in [3.63, 3.8) is 0 Å². The van der Waals surface area contributed by atoms with Gasteiger partial charge in [0.15, 0.2) is 0 Å². The Kier molecular flexibility index (Phi) is 6.90. The van der Waals surface area contributed by atoms with E-state index in [-0.39, 0.29) is 11.9 Å². The lowest BCUT2D eigenvalue weighted by molar-refractivity contribution is -0.137. The van der Waals surface area contributed by atoms with Crippen molar-refractivity contribution in [3.05, 3.63) is 29.8 Å². The Bertz CT molecular complexity index is 485. The van der Waals surface area contributed by atoms with E-state index >= 15 is 0 Å². The van der Waals surface area contributed by atoms with Crippen LogP contribution in [0.4, 0.5) is 0 Å². The first-order chi connectivity index (χ1) is 11.2. The molecule has 0 aromatic heterocycles. The molecule has 4 nitrogen and oxygen atoms in total. The third-order valence-corrected chi connectivity index (χ3v) is 4.44. The predicted molar refractivity (Wildman–Crippen MR) is 93.6 cm³/mol. The van der Waals surface area contributed by atoms with Gasteiger partial charge >= 0.3 is 0 Å². The number of hydrogen-bond donors (Lipinski definition) is 0. The predicted octanol–water partition coefficient (Wildman–Crippen LogP) is 3.31. The second-order valence-corrected chi connectivity index (χ2v) is 6.32. The number of ether oxygens (including phenoxy) is 1. The normalized spacial score (nSPS) is 18.7. The Hall–Kier alpha value is -1.55. The number of carbonyl (C=O) groups is 1. The molecule has 0 radical (unpaired) electrons. The molecule has 0 saturated carbocycles. The highest BCUT2D eigenvalue weighted by molar-refractivity contribution is 5.81. The molecule has 1 amide bonds. The molecule has 1 unspecified atom stereocenters. The van der Waals surface area contributed by atoms with Crippen molar-refractivity contribution in [1.82, 2.24) is 9.80 Å². The maximum absolute atomic E-state index is 12.8. The van der Waals surface area contributed by atoms with E-state index in [0.717, 1.165) is 43.7 Å². The lowest BCUT2D eigenvalue weighted by atomic mass is 10.0. The smallest absolute Gasteiger partial charge is 0.239 e. The number of likely N-dealkylation sites (tertiary alicyclic amines) is 1. The zero-order valence-corrected chi connectivity index (χ0v) is 14.8. The number of hydrogen-bond acceptors (Lipinski definition) is 3. The summed E-state index contributed by atoms with van der Waals surface area (Å²) in [5.74, 6) is 1.14. The number of likely N-dealkylation sites (N-methyl/N-ethyl adjacent to an activating group) is 1. The van der Waals surface area contributed by atoms with Crippen LogP contribution >= 0.6 is 0 Å². The summed E-state index contributed by atoms with van der Waals surface area (Å²) >= 11 is 0. The van der Waals surface area contributed by atoms with Crippen molar-refractivity contribution < 1.29 is 9.53 Å². The van der Waals surface area contributed by atoms with Gasteiger partial charge < -0.3 is 9.64 Å². The Labute approximate surface area is 140 Å². The number of amides is 1. The van der Waals surface area contributed by atoms with Crippen LogP contribution in [0.1, 0.15) is 45.1 Å². The Morgan fingerprint density at radius 1 is 1.26 bits per heavy atom. The number of rotatable bonds is 7. The van der Waals surface area contributed by atoms with Crippen LogP contribution in [0, 0.1) is 0 Å². The van der Waals surface area contributed by atoms with Crippen LogP contribution in [0.25, 0.3) is 0 Å². The van der Waals surface area contributed by atoms with Gasteiger partial charge in [-0.05, 0) is 57.0 Å². The summed E-state index contributed by atoms with van der Waals surface area (Å²) in [4.78, 5) is 17.0. The molecule has 2 rings (SSSR count). The molecule has 1 aliphatic heterocycles. The molecule has 128 valence electrons. The molecule has 4 heteroatoms. The van der Waals surface area contributed by atoms with E-state index in [0.29, 0.717) is 13.2 Å². The number of nitrogens with zero attached hydrogens (tertiary/aromatic N) is 2. The van der Waals surface area contributed by atoms with E-state index < -0.39 is 0 Å². The number of piperidine rings is 1. The van der Waals surface area contributed by atoms with Crippen molar-refractivity contribution in [2.75, 3.05) is 26.7 Å². The average Bonchev–Trinajstić information content (AvgIpc) is 2.57. The van der Waals surface area contributed by atoms with Gasteiger partial charge in [0.25, 0.3) is 0 Å². The summed E-state index contributed by atoms with van der Waals surface area (Å²) in [5.41, 5.74) is 1.14. The molecule has 23 heavy (non-hydrogen) atoms. The van der Waals surface area contributed by atoms with Crippen molar-refractivity contribution in [3.8, 4) is 5.75 Å². The summed E-state index contributed by atoms with van der Waals surface area (Å²) in [6.07, 6.45) is 4.47. The van der Waals surface area contributed by atoms with Crippen molar-refractivity contribution in [2.45, 2.75) is 52.1 Å². The summed E-state index contributed by atoms with van der Waals surface area (Å²) in [7, 11) is 1.91. The average molecular weight is 318 g/mol. The summed E-state index contributed by atoms with van der Waals surface area (Å²) in [6, 6.07) is 8.10. The van der Waals surface area contributed by atoms with Gasteiger partial charge in [0.1, 0.15) is 5.75 Å². The fourth-order valence-corrected chi connectivity index (χ4v) is 3.29. The van der Waals surface area contributed by atoms with Crippen LogP contribution in [0.2, 0.25) is 0 Å². The van der Waals surface area contributed by atoms with Crippen LogP contribution in [-0.4, -0.2) is 48.5 Å². The van der Waals surface area contributed by atoms with Crippen molar-refractivity contribution in [1.29, 1.82) is 0 Å². The zero-order chi connectivity index (χ0) is 16.7. The van der Waals surface area contributed by atoms with Crippen molar-refractivity contribution in [2.24, 2.45) is 0 Å². The maximum Gasteiger partial charge on any atom is 0.239 e. The Morgan fingerprint density at radius 3 is 2.65 bits per heavy atom. The van der Waals surface area contributed by atoms with Gasteiger partial charge in [-0.1, -0.05) is 25.5 Å². The standard InChI is InChI=1S/C19H30N2O2/c1-4-13-21-14-7-6-8-18(21)19(22)20(3)15-16-9-11-17(12-10-16)23-5-2/h9-12,18H,4-8,13-15H2,1-3H3. The second-order valence-electron chi connectivity index (χ2n) is 6.32. The second kappa shape index (κ2) is 8.92. The summed E-state index contributed by atoms with van der Waals surface area (Å²) in [5, 5.41) is 0. The number of benzene rings is 1. The van der Waals surface area contributed by atoms with E-state index in [1.54, 1.807) is 0 Å². The highest BCUT2D eigenvalue weighted by Crippen LogP contribution is 2.20. The molecular formula is C19H30N2O2. The van der Waals surface area contributed by atoms with Gasteiger partial charge in [-0.15, -0.1) is 0 Å².